The second-order valence-electron chi connectivity index (χ2n) is 0.408. The van der Waals surface area contributed by atoms with Gasteiger partial charge >= 0.3 is 86.6 Å². The standard InChI is InChI=1S/Ba.Ca.ClH.H2O4S/c;;;1-5(2,3)4/h;;1H;(H2,1,2,3,4)/q2*+2;;/p-3. The fourth-order valence-electron chi connectivity index (χ4n) is 0. The van der Waals surface area contributed by atoms with Gasteiger partial charge in [-0.05, 0) is 0 Å². The summed E-state index contributed by atoms with van der Waals surface area (Å²) in [5, 5.41) is 0. The van der Waals surface area contributed by atoms with Gasteiger partial charge in [-0.1, -0.05) is 0 Å². The first-order valence-electron chi connectivity index (χ1n) is 0.667. The van der Waals surface area contributed by atoms with Crippen LogP contribution in [0.3, 0.4) is 0 Å². The third-order valence-corrected chi connectivity index (χ3v) is 0. The van der Waals surface area contributed by atoms with E-state index < -0.39 is 10.4 Å². The van der Waals surface area contributed by atoms with Crippen molar-refractivity contribution in [1.29, 1.82) is 0 Å². The van der Waals surface area contributed by atoms with Gasteiger partial charge in [-0.15, -0.1) is 0 Å². The zero-order chi connectivity index (χ0) is 4.50. The molecule has 0 saturated heterocycles. The molecule has 0 aliphatic heterocycles. The first-order chi connectivity index (χ1) is 2.00. The summed E-state index contributed by atoms with van der Waals surface area (Å²) < 4.78 is 34.1. The fraction of sp³-hybridized carbons (Fsp3) is 0. The van der Waals surface area contributed by atoms with E-state index in [9.17, 15) is 0 Å². The van der Waals surface area contributed by atoms with Crippen LogP contribution in [0.5, 0.6) is 0 Å². The van der Waals surface area contributed by atoms with Crippen LogP contribution >= 0.6 is 0 Å². The normalized spacial score (nSPS) is 7.25. The molecule has 0 rings (SSSR count). The van der Waals surface area contributed by atoms with E-state index in [1.54, 1.807) is 0 Å². The smallest absolute Gasteiger partial charge is 1.00 e. The Hall–Kier alpha value is 2.99. The fourth-order valence-corrected chi connectivity index (χ4v) is 0. The van der Waals surface area contributed by atoms with Crippen molar-refractivity contribution < 1.29 is 29.9 Å². The quantitative estimate of drug-likeness (QED) is 0.255. The van der Waals surface area contributed by atoms with Gasteiger partial charge in [0.2, 0.25) is 0 Å². The van der Waals surface area contributed by atoms with Crippen LogP contribution in [0.1, 0.15) is 0 Å². The average Bonchev–Trinajstić information content (AvgIpc) is 0.722. The molecule has 8 heteroatoms. The molecule has 0 aromatic heterocycles. The molecule has 0 fully saturated rings. The average molecular weight is 309 g/mol. The molecule has 0 heterocycles. The summed E-state index contributed by atoms with van der Waals surface area (Å²) in [5.74, 6) is 0. The molecule has 0 amide bonds. The number of hydrogen-bond donors (Lipinski definition) is 0. The van der Waals surface area contributed by atoms with Crippen molar-refractivity contribution in [3.63, 3.8) is 0 Å². The minimum atomic E-state index is -5.17. The molecular formula is BaCaClO4S+. The van der Waals surface area contributed by atoms with Gasteiger partial charge in [0.05, 0.1) is 0 Å². The largest absolute Gasteiger partial charge is 2.00 e. The Morgan fingerprint density at radius 2 is 1.12 bits per heavy atom. The van der Waals surface area contributed by atoms with Crippen LogP contribution in [0, 0.1) is 0 Å². The van der Waals surface area contributed by atoms with E-state index in [2.05, 4.69) is 0 Å². The molecule has 40 valence electrons. The topological polar surface area (TPSA) is 80.3 Å². The van der Waals surface area contributed by atoms with Crippen molar-refractivity contribution in [2.75, 3.05) is 0 Å². The second kappa shape index (κ2) is 9.99. The van der Waals surface area contributed by atoms with Crippen molar-refractivity contribution in [1.82, 2.24) is 0 Å². The van der Waals surface area contributed by atoms with Gasteiger partial charge in [-0.3, -0.25) is 8.42 Å². The first kappa shape index (κ1) is 22.4. The minimum Gasteiger partial charge on any atom is -1.00 e. The molecule has 0 aromatic rings. The zero-order valence-electron chi connectivity index (χ0n) is 3.83. The molecule has 0 radical (unpaired) electrons. The van der Waals surface area contributed by atoms with Crippen LogP contribution in [0.25, 0.3) is 0 Å². The molecule has 4 nitrogen and oxygen atoms in total. The second-order valence-corrected chi connectivity index (χ2v) is 1.22. The van der Waals surface area contributed by atoms with Crippen LogP contribution in [0.2, 0.25) is 0 Å². The Kier molecular flexibility index (Phi) is 28.0. The molecule has 0 aliphatic carbocycles. The predicted molar refractivity (Wildman–Crippen MR) is 22.0 cm³/mol. The third-order valence-electron chi connectivity index (χ3n) is 0. The number of rotatable bonds is 0. The summed E-state index contributed by atoms with van der Waals surface area (Å²) in [4.78, 5) is 0. The van der Waals surface area contributed by atoms with Crippen molar-refractivity contribution in [3.05, 3.63) is 0 Å². The Labute approximate surface area is 124 Å². The molecule has 0 saturated carbocycles. The van der Waals surface area contributed by atoms with Crippen LogP contribution in [-0.4, -0.2) is 104 Å². The Balaban J connectivity index is -0.0000000267. The molecule has 0 spiro atoms. The Bertz CT molecular complexity index is 99.2. The van der Waals surface area contributed by atoms with E-state index in [-0.39, 0.29) is 99.0 Å². The van der Waals surface area contributed by atoms with Crippen LogP contribution < -0.4 is 12.4 Å². The van der Waals surface area contributed by atoms with Crippen molar-refractivity contribution in [2.45, 2.75) is 0 Å². The predicted octanol–water partition coefficient (Wildman–Crippen LogP) is -5.10. The van der Waals surface area contributed by atoms with Crippen LogP contribution in [-0.2, 0) is 10.4 Å². The van der Waals surface area contributed by atoms with Gasteiger partial charge in [0.15, 0.2) is 0 Å². The third kappa shape index (κ3) is 64.2. The van der Waals surface area contributed by atoms with E-state index in [0.717, 1.165) is 0 Å². The molecule has 0 N–H and O–H groups in total. The molecule has 0 aromatic carbocycles. The van der Waals surface area contributed by atoms with Crippen molar-refractivity contribution in [3.8, 4) is 0 Å². The summed E-state index contributed by atoms with van der Waals surface area (Å²) in [7, 11) is -5.17. The van der Waals surface area contributed by atoms with Gasteiger partial charge < -0.3 is 21.5 Å². The summed E-state index contributed by atoms with van der Waals surface area (Å²) in [6.45, 7) is 0. The molecule has 0 atom stereocenters. The molecule has 0 bridgehead atoms. The van der Waals surface area contributed by atoms with Gasteiger partial charge in [0.25, 0.3) is 0 Å². The molecular weight excluding hydrogens is 309 g/mol. The van der Waals surface area contributed by atoms with Crippen LogP contribution in [0.4, 0.5) is 0 Å². The van der Waals surface area contributed by atoms with Gasteiger partial charge in [-0.25, -0.2) is 0 Å². The van der Waals surface area contributed by atoms with E-state index in [0.29, 0.717) is 0 Å². The number of halogens is 1. The zero-order valence-corrected chi connectivity index (χ0v) is 12.1. The molecule has 8 heavy (non-hydrogen) atoms. The van der Waals surface area contributed by atoms with Gasteiger partial charge in [-0.2, -0.15) is 0 Å². The molecule has 0 aliphatic rings. The van der Waals surface area contributed by atoms with E-state index in [1.807, 2.05) is 0 Å². The summed E-state index contributed by atoms with van der Waals surface area (Å²) in [5.41, 5.74) is 0. The van der Waals surface area contributed by atoms with E-state index in [1.165, 1.54) is 0 Å². The monoisotopic (exact) mass is 309 g/mol. The van der Waals surface area contributed by atoms with Crippen molar-refractivity contribution >= 4 is 97.0 Å². The number of hydrogen-bond acceptors (Lipinski definition) is 4. The maximum Gasteiger partial charge on any atom is 2.00 e. The van der Waals surface area contributed by atoms with Gasteiger partial charge in [0.1, 0.15) is 0 Å². The summed E-state index contributed by atoms with van der Waals surface area (Å²) in [6, 6.07) is 0. The minimum absolute atomic E-state index is 0. The van der Waals surface area contributed by atoms with Gasteiger partial charge in [0, 0.05) is 10.4 Å². The first-order valence-corrected chi connectivity index (χ1v) is 2.00. The Morgan fingerprint density at radius 3 is 1.12 bits per heavy atom. The SMILES string of the molecule is O=S(=O)([O-])[O-].[Ba+2].[Ca+2].[Cl-]. The Morgan fingerprint density at radius 1 is 1.12 bits per heavy atom. The maximum atomic E-state index is 8.52. The van der Waals surface area contributed by atoms with E-state index in [4.69, 9.17) is 17.5 Å². The van der Waals surface area contributed by atoms with Crippen molar-refractivity contribution in [2.24, 2.45) is 0 Å². The van der Waals surface area contributed by atoms with Crippen LogP contribution in [0.15, 0.2) is 0 Å². The van der Waals surface area contributed by atoms with E-state index >= 15 is 0 Å². The molecule has 0 unspecified atom stereocenters. The summed E-state index contributed by atoms with van der Waals surface area (Å²) in [6.07, 6.45) is 0. The summed E-state index contributed by atoms with van der Waals surface area (Å²) >= 11 is 0. The maximum absolute atomic E-state index is 8.52.